The normalized spacial score (nSPS) is 11.3. The molecule has 0 aliphatic carbocycles. The van der Waals surface area contributed by atoms with Crippen LogP contribution in [0.4, 0.5) is 8.78 Å². The molecule has 1 rings (SSSR count). The van der Waals surface area contributed by atoms with E-state index in [-0.39, 0.29) is 36.1 Å². The topological polar surface area (TPSA) is 39.7 Å². The number of halogens is 3. The van der Waals surface area contributed by atoms with Crippen molar-refractivity contribution >= 4 is 29.9 Å². The first-order chi connectivity index (χ1) is 11.1. The van der Waals surface area contributed by atoms with Gasteiger partial charge in [0.1, 0.15) is 11.6 Å². The van der Waals surface area contributed by atoms with Crippen molar-refractivity contribution in [2.45, 2.75) is 33.2 Å². The SMILES string of the molecule is CCN(CC)CCCCNC(=NC)NCc1cc(F)ccc1F.I. The zero-order chi connectivity index (χ0) is 17.1. The maximum absolute atomic E-state index is 13.5. The van der Waals surface area contributed by atoms with Crippen molar-refractivity contribution < 1.29 is 8.78 Å². The zero-order valence-electron chi connectivity index (χ0n) is 14.7. The van der Waals surface area contributed by atoms with Crippen LogP contribution in [0.2, 0.25) is 0 Å². The molecule has 24 heavy (non-hydrogen) atoms. The Kier molecular flexibility index (Phi) is 12.8. The Morgan fingerprint density at radius 2 is 1.83 bits per heavy atom. The van der Waals surface area contributed by atoms with E-state index in [1.807, 2.05) is 0 Å². The van der Waals surface area contributed by atoms with Gasteiger partial charge in [-0.15, -0.1) is 24.0 Å². The molecule has 0 heterocycles. The predicted molar refractivity (Wildman–Crippen MR) is 107 cm³/mol. The summed E-state index contributed by atoms with van der Waals surface area (Å²) in [6.07, 6.45) is 2.15. The smallest absolute Gasteiger partial charge is 0.191 e. The third kappa shape index (κ3) is 8.77. The van der Waals surface area contributed by atoms with Gasteiger partial charge in [-0.1, -0.05) is 13.8 Å². The van der Waals surface area contributed by atoms with E-state index in [0.717, 1.165) is 51.2 Å². The first-order valence-corrected chi connectivity index (χ1v) is 8.21. The molecule has 1 aromatic rings. The maximum atomic E-state index is 13.5. The Hall–Kier alpha value is -0.960. The second kappa shape index (κ2) is 13.3. The lowest BCUT2D eigenvalue weighted by atomic mass is 10.2. The maximum Gasteiger partial charge on any atom is 0.191 e. The number of hydrogen-bond acceptors (Lipinski definition) is 2. The van der Waals surface area contributed by atoms with E-state index in [4.69, 9.17) is 0 Å². The number of unbranched alkanes of at least 4 members (excludes halogenated alkanes) is 1. The van der Waals surface area contributed by atoms with Crippen molar-refractivity contribution in [3.05, 3.63) is 35.4 Å². The largest absolute Gasteiger partial charge is 0.356 e. The number of aliphatic imine (C=N–C) groups is 1. The van der Waals surface area contributed by atoms with Gasteiger partial charge in [0.2, 0.25) is 0 Å². The lowest BCUT2D eigenvalue weighted by Gasteiger charge is -2.18. The Labute approximate surface area is 161 Å². The number of nitrogens with one attached hydrogen (secondary N) is 2. The van der Waals surface area contributed by atoms with E-state index in [2.05, 4.69) is 34.4 Å². The minimum absolute atomic E-state index is 0. The van der Waals surface area contributed by atoms with Gasteiger partial charge in [0.25, 0.3) is 0 Å². The van der Waals surface area contributed by atoms with Crippen LogP contribution in [0.25, 0.3) is 0 Å². The average Bonchev–Trinajstić information content (AvgIpc) is 2.56. The van der Waals surface area contributed by atoms with Crippen molar-refractivity contribution in [3.8, 4) is 0 Å². The summed E-state index contributed by atoms with van der Waals surface area (Å²) in [4.78, 5) is 6.48. The fourth-order valence-electron chi connectivity index (χ4n) is 2.29. The minimum Gasteiger partial charge on any atom is -0.356 e. The summed E-state index contributed by atoms with van der Waals surface area (Å²) in [5.74, 6) is -0.271. The molecule has 0 aromatic heterocycles. The Morgan fingerprint density at radius 3 is 2.46 bits per heavy atom. The molecular formula is C17H29F2IN4. The van der Waals surface area contributed by atoms with Crippen LogP contribution in [0.1, 0.15) is 32.3 Å². The number of nitrogens with zero attached hydrogens (tertiary/aromatic N) is 2. The van der Waals surface area contributed by atoms with Gasteiger partial charge in [-0.05, 0) is 50.7 Å². The predicted octanol–water partition coefficient (Wildman–Crippen LogP) is 3.37. The van der Waals surface area contributed by atoms with Crippen LogP contribution in [0.3, 0.4) is 0 Å². The van der Waals surface area contributed by atoms with E-state index in [1.165, 1.54) is 6.07 Å². The highest BCUT2D eigenvalue weighted by atomic mass is 127. The van der Waals surface area contributed by atoms with Gasteiger partial charge in [0.15, 0.2) is 5.96 Å². The number of rotatable bonds is 9. The lowest BCUT2D eigenvalue weighted by Crippen LogP contribution is -2.37. The molecule has 0 aliphatic heterocycles. The van der Waals surface area contributed by atoms with E-state index < -0.39 is 11.6 Å². The molecule has 0 saturated carbocycles. The van der Waals surface area contributed by atoms with Crippen molar-refractivity contribution in [2.24, 2.45) is 4.99 Å². The molecule has 2 N–H and O–H groups in total. The Morgan fingerprint density at radius 1 is 1.12 bits per heavy atom. The first-order valence-electron chi connectivity index (χ1n) is 8.21. The van der Waals surface area contributed by atoms with Crippen molar-refractivity contribution in [1.82, 2.24) is 15.5 Å². The van der Waals surface area contributed by atoms with Gasteiger partial charge in [-0.3, -0.25) is 4.99 Å². The highest BCUT2D eigenvalue weighted by Gasteiger charge is 2.05. The van der Waals surface area contributed by atoms with Gasteiger partial charge in [-0.2, -0.15) is 0 Å². The molecule has 0 aliphatic rings. The summed E-state index contributed by atoms with van der Waals surface area (Å²) in [7, 11) is 1.66. The van der Waals surface area contributed by atoms with E-state index in [9.17, 15) is 8.78 Å². The molecule has 0 saturated heterocycles. The van der Waals surface area contributed by atoms with E-state index >= 15 is 0 Å². The Balaban J connectivity index is 0.00000529. The number of hydrogen-bond donors (Lipinski definition) is 2. The summed E-state index contributed by atoms with van der Waals surface area (Å²) in [5.41, 5.74) is 0.287. The third-order valence-corrected chi connectivity index (χ3v) is 3.77. The second-order valence-corrected chi connectivity index (χ2v) is 5.32. The van der Waals surface area contributed by atoms with Crippen LogP contribution in [-0.2, 0) is 6.54 Å². The highest BCUT2D eigenvalue weighted by molar-refractivity contribution is 14.0. The number of guanidine groups is 1. The van der Waals surface area contributed by atoms with E-state index in [1.54, 1.807) is 7.05 Å². The van der Waals surface area contributed by atoms with Gasteiger partial charge in [0.05, 0.1) is 0 Å². The van der Waals surface area contributed by atoms with Gasteiger partial charge < -0.3 is 15.5 Å². The van der Waals surface area contributed by atoms with Crippen molar-refractivity contribution in [2.75, 3.05) is 33.2 Å². The molecule has 0 fully saturated rings. The molecular weight excluding hydrogens is 425 g/mol. The van der Waals surface area contributed by atoms with Gasteiger partial charge >= 0.3 is 0 Å². The zero-order valence-corrected chi connectivity index (χ0v) is 17.1. The monoisotopic (exact) mass is 454 g/mol. The summed E-state index contributed by atoms with van der Waals surface area (Å²) >= 11 is 0. The molecule has 1 aromatic carbocycles. The fourth-order valence-corrected chi connectivity index (χ4v) is 2.29. The summed E-state index contributed by atoms with van der Waals surface area (Å²) in [5, 5.41) is 6.19. The molecule has 138 valence electrons. The fraction of sp³-hybridized carbons (Fsp3) is 0.588. The van der Waals surface area contributed by atoms with Gasteiger partial charge in [0, 0.05) is 25.7 Å². The average molecular weight is 454 g/mol. The van der Waals surface area contributed by atoms with Gasteiger partial charge in [-0.25, -0.2) is 8.78 Å². The molecule has 0 unspecified atom stereocenters. The quantitative estimate of drug-likeness (QED) is 0.260. The van der Waals surface area contributed by atoms with Crippen LogP contribution in [-0.4, -0.2) is 44.1 Å². The van der Waals surface area contributed by atoms with Crippen LogP contribution >= 0.6 is 24.0 Å². The van der Waals surface area contributed by atoms with E-state index in [0.29, 0.717) is 5.96 Å². The van der Waals surface area contributed by atoms with Crippen LogP contribution in [0, 0.1) is 11.6 Å². The molecule has 0 radical (unpaired) electrons. The van der Waals surface area contributed by atoms with Crippen LogP contribution in [0.15, 0.2) is 23.2 Å². The standard InChI is InChI=1S/C17H28F2N4.HI/c1-4-23(5-2)11-7-6-10-21-17(20-3)22-13-14-12-15(18)8-9-16(14)19;/h8-9,12H,4-7,10-11,13H2,1-3H3,(H2,20,21,22);1H. The molecule has 0 amide bonds. The summed E-state index contributed by atoms with van der Waals surface area (Å²) < 4.78 is 26.7. The molecule has 0 bridgehead atoms. The third-order valence-electron chi connectivity index (χ3n) is 3.77. The Bertz CT molecular complexity index is 493. The van der Waals surface area contributed by atoms with Crippen LogP contribution < -0.4 is 10.6 Å². The number of benzene rings is 1. The second-order valence-electron chi connectivity index (χ2n) is 5.32. The molecule has 4 nitrogen and oxygen atoms in total. The lowest BCUT2D eigenvalue weighted by molar-refractivity contribution is 0.297. The minimum atomic E-state index is -0.442. The molecule has 0 atom stereocenters. The first kappa shape index (κ1) is 23.0. The highest BCUT2D eigenvalue weighted by Crippen LogP contribution is 2.09. The molecule has 7 heteroatoms. The summed E-state index contributed by atoms with van der Waals surface area (Å²) in [6.45, 7) is 8.57. The molecule has 0 spiro atoms. The van der Waals surface area contributed by atoms with Crippen molar-refractivity contribution in [3.63, 3.8) is 0 Å². The van der Waals surface area contributed by atoms with Crippen molar-refractivity contribution in [1.29, 1.82) is 0 Å². The van der Waals surface area contributed by atoms with Crippen LogP contribution in [0.5, 0.6) is 0 Å². The summed E-state index contributed by atoms with van der Waals surface area (Å²) in [6, 6.07) is 3.44.